The number of rotatable bonds is 11. The predicted molar refractivity (Wildman–Crippen MR) is 255 cm³/mol. The van der Waals surface area contributed by atoms with E-state index in [1.807, 2.05) is 0 Å². The monoisotopic (exact) mass is 883 g/mol. The second-order valence-corrected chi connectivity index (χ2v) is 26.0. The normalized spacial score (nSPS) is 35.4. The lowest BCUT2D eigenvalue weighted by Crippen LogP contribution is -2.65. The van der Waals surface area contributed by atoms with Crippen molar-refractivity contribution in [2.45, 2.75) is 130 Å². The van der Waals surface area contributed by atoms with Gasteiger partial charge in [0.1, 0.15) is 29.3 Å². The van der Waals surface area contributed by atoms with E-state index >= 15 is 0 Å². The molecule has 5 aliphatic carbocycles. The fraction of sp³-hybridized carbons (Fsp3) is 0.593. The first-order valence-electron chi connectivity index (χ1n) is 23.5. The molecule has 0 unspecified atom stereocenters. The van der Waals surface area contributed by atoms with E-state index in [-0.39, 0.29) is 39.7 Å². The summed E-state index contributed by atoms with van der Waals surface area (Å²) in [6.45, 7) is 17.7. The molecular weight excluding hydrogens is 814 g/mol. The second-order valence-electron chi connectivity index (χ2n) is 21.3. The number of esters is 2. The predicted octanol–water partition coefficient (Wildman–Crippen LogP) is 12.7. The van der Waals surface area contributed by atoms with Crippen LogP contribution in [0.3, 0.4) is 0 Å². The summed E-state index contributed by atoms with van der Waals surface area (Å²) in [5.74, 6) is 1.61. The number of unbranched alkanes of at least 4 members (excludes halogenated alkanes) is 1. The molecule has 0 spiro atoms. The van der Waals surface area contributed by atoms with Crippen LogP contribution >= 0.6 is 30.5 Å². The van der Waals surface area contributed by atoms with E-state index in [0.717, 1.165) is 76.8 Å². The largest absolute Gasteiger partial charge is 0.465 e. The van der Waals surface area contributed by atoms with Gasteiger partial charge in [0.05, 0.1) is 18.2 Å². The minimum atomic E-state index is -1.94. The van der Waals surface area contributed by atoms with Crippen molar-refractivity contribution in [3.63, 3.8) is 0 Å². The van der Waals surface area contributed by atoms with Gasteiger partial charge in [-0.1, -0.05) is 138 Å². The van der Waals surface area contributed by atoms with Crippen LogP contribution in [0.5, 0.6) is 0 Å². The first kappa shape index (κ1) is 44.9. The van der Waals surface area contributed by atoms with Gasteiger partial charge in [-0.25, -0.2) is 4.79 Å². The average Bonchev–Trinajstić information content (AvgIpc) is 3.25. The van der Waals surface area contributed by atoms with Gasteiger partial charge in [0, 0.05) is 5.41 Å². The van der Waals surface area contributed by atoms with Crippen molar-refractivity contribution < 1.29 is 19.1 Å². The van der Waals surface area contributed by atoms with Gasteiger partial charge in [0.2, 0.25) is 4.84 Å². The zero-order valence-electron chi connectivity index (χ0n) is 37.8. The Morgan fingerprint density at radius 2 is 1.31 bits per heavy atom. The third-order valence-electron chi connectivity index (χ3n) is 18.5. The molecule has 4 fully saturated rings. The SMILES string of the molecule is C[C@H]1[C@H](C)CC[C@]2(C(=O)OCCCC[P+](c3ccccc3)(c3ccccc3)c3ccccc3)CC[C@]3(C)C(=CC[C@@H]4[C@@]5(C)CC[C@H](OC(=O)C(Cl)Cl)C(C)(C)[C@@H]5CC[C@]43C)[C@H]12. The summed E-state index contributed by atoms with van der Waals surface area (Å²) in [5.41, 5.74) is 1.11. The van der Waals surface area contributed by atoms with Crippen LogP contribution in [0, 0.1) is 56.7 Å². The molecule has 0 N–H and O–H groups in total. The molecule has 4 saturated carbocycles. The van der Waals surface area contributed by atoms with E-state index < -0.39 is 23.5 Å². The van der Waals surface area contributed by atoms with Crippen molar-refractivity contribution in [2.24, 2.45) is 56.7 Å². The van der Waals surface area contributed by atoms with Gasteiger partial charge in [-0.15, -0.1) is 0 Å². The minimum absolute atomic E-state index is 0.000930. The maximum Gasteiger partial charge on any atom is 0.339 e. The van der Waals surface area contributed by atoms with Gasteiger partial charge < -0.3 is 9.47 Å². The summed E-state index contributed by atoms with van der Waals surface area (Å²) in [6.07, 6.45) is 14.3. The number of hydrogen-bond donors (Lipinski definition) is 0. The van der Waals surface area contributed by atoms with Crippen LogP contribution in [0.15, 0.2) is 103 Å². The van der Waals surface area contributed by atoms with E-state index in [2.05, 4.69) is 146 Å². The number of benzene rings is 3. The van der Waals surface area contributed by atoms with E-state index in [1.165, 1.54) is 15.9 Å². The molecule has 4 nitrogen and oxygen atoms in total. The second kappa shape index (κ2) is 17.0. The minimum Gasteiger partial charge on any atom is -0.465 e. The molecule has 0 aliphatic heterocycles. The number of ether oxygens (including phenoxy) is 2. The molecule has 3 aromatic rings. The summed E-state index contributed by atoms with van der Waals surface area (Å²) in [4.78, 5) is 26.4. The van der Waals surface area contributed by atoms with Crippen LogP contribution < -0.4 is 15.9 Å². The molecule has 0 heterocycles. The maximum atomic E-state index is 14.9. The lowest BCUT2D eigenvalue weighted by Gasteiger charge is -2.71. The molecule has 10 atom stereocenters. The quantitative estimate of drug-likeness (QED) is 0.0633. The van der Waals surface area contributed by atoms with Gasteiger partial charge >= 0.3 is 11.9 Å². The fourth-order valence-electron chi connectivity index (χ4n) is 14.9. The van der Waals surface area contributed by atoms with Crippen LogP contribution in [-0.4, -0.2) is 35.6 Å². The summed E-state index contributed by atoms with van der Waals surface area (Å²) in [7, 11) is -1.94. The molecule has 0 aromatic heterocycles. The fourth-order valence-corrected chi connectivity index (χ4v) is 19.4. The first-order chi connectivity index (χ1) is 29.1. The lowest BCUT2D eigenvalue weighted by atomic mass is 9.33. The first-order valence-corrected chi connectivity index (χ1v) is 26.3. The summed E-state index contributed by atoms with van der Waals surface area (Å²) < 4.78 is 12.6. The van der Waals surface area contributed by atoms with Crippen LogP contribution in [0.25, 0.3) is 0 Å². The Bertz CT molecular complexity index is 1970. The van der Waals surface area contributed by atoms with Gasteiger partial charge in [0.15, 0.2) is 0 Å². The van der Waals surface area contributed by atoms with Crippen molar-refractivity contribution in [1.82, 2.24) is 0 Å². The molecule has 0 bridgehead atoms. The highest BCUT2D eigenvalue weighted by molar-refractivity contribution is 7.95. The molecule has 3 aromatic carbocycles. The van der Waals surface area contributed by atoms with Crippen molar-refractivity contribution in [3.8, 4) is 0 Å². The van der Waals surface area contributed by atoms with Gasteiger partial charge in [-0.3, -0.25) is 4.79 Å². The molecular formula is C54H70Cl2O4P+. The lowest BCUT2D eigenvalue weighted by molar-refractivity contribution is -0.214. The van der Waals surface area contributed by atoms with Crippen molar-refractivity contribution in [1.29, 1.82) is 0 Å². The number of allylic oxidation sites excluding steroid dienone is 2. The van der Waals surface area contributed by atoms with E-state index in [1.54, 1.807) is 5.57 Å². The number of fused-ring (bicyclic) bond motifs is 7. The maximum absolute atomic E-state index is 14.9. The van der Waals surface area contributed by atoms with Crippen molar-refractivity contribution >= 4 is 58.3 Å². The molecule has 328 valence electrons. The van der Waals surface area contributed by atoms with Gasteiger partial charge in [-0.2, -0.15) is 0 Å². The van der Waals surface area contributed by atoms with E-state index in [4.69, 9.17) is 32.7 Å². The molecule has 61 heavy (non-hydrogen) atoms. The van der Waals surface area contributed by atoms with Crippen LogP contribution in [0.1, 0.15) is 119 Å². The average molecular weight is 885 g/mol. The van der Waals surface area contributed by atoms with Gasteiger partial charge in [0.25, 0.3) is 0 Å². The van der Waals surface area contributed by atoms with E-state index in [9.17, 15) is 9.59 Å². The summed E-state index contributed by atoms with van der Waals surface area (Å²) in [5, 5.41) is 4.19. The van der Waals surface area contributed by atoms with Crippen molar-refractivity contribution in [3.05, 3.63) is 103 Å². The Hall–Kier alpha value is -2.65. The number of alkyl halides is 2. The topological polar surface area (TPSA) is 52.6 Å². The molecule has 5 aliphatic rings. The van der Waals surface area contributed by atoms with Crippen LogP contribution in [0.2, 0.25) is 0 Å². The smallest absolute Gasteiger partial charge is 0.339 e. The molecule has 8 rings (SSSR count). The highest BCUT2D eigenvalue weighted by atomic mass is 35.5. The number of carbonyl (C=O) groups is 2. The Morgan fingerprint density at radius 3 is 1.89 bits per heavy atom. The molecule has 7 heteroatoms. The molecule has 0 amide bonds. The Morgan fingerprint density at radius 1 is 0.721 bits per heavy atom. The number of halogens is 2. The third kappa shape index (κ3) is 7.28. The zero-order valence-corrected chi connectivity index (χ0v) is 40.2. The van der Waals surface area contributed by atoms with Crippen LogP contribution in [-0.2, 0) is 19.1 Å². The summed E-state index contributed by atoms with van der Waals surface area (Å²) >= 11 is 11.9. The highest BCUT2D eigenvalue weighted by Gasteiger charge is 2.70. The standard InChI is InChI=1S/C54H70Cl2O4P/c1-37-27-32-54(49(58)59-35-17-18-36-61(39-19-11-8-12-20-39,40-21-13-9-14-22-40)41-23-15-10-16-24-41)34-33-52(6)42(46(54)38(37)2)25-26-44-51(5)30-29-45(60-48(57)47(55)56)50(3,4)43(51)28-31-53(44,52)7/h8-16,19-25,37-38,43-47H,17-18,26-36H2,1-7H3/q+1/t37-,38+,43+,44-,45+,46+,51+,52-,53-,54+/m1/s1. The molecule has 0 radical (unpaired) electrons. The zero-order chi connectivity index (χ0) is 43.4. The molecule has 0 saturated heterocycles. The van der Waals surface area contributed by atoms with E-state index in [0.29, 0.717) is 30.3 Å². The van der Waals surface area contributed by atoms with Crippen LogP contribution in [0.4, 0.5) is 0 Å². The third-order valence-corrected chi connectivity index (χ3v) is 23.4. The Labute approximate surface area is 377 Å². The van der Waals surface area contributed by atoms with Gasteiger partial charge in [-0.05, 0) is 153 Å². The van der Waals surface area contributed by atoms with Crippen molar-refractivity contribution in [2.75, 3.05) is 12.8 Å². The Kier molecular flexibility index (Phi) is 12.6. The summed E-state index contributed by atoms with van der Waals surface area (Å²) in [6, 6.07) is 33.3. The number of carbonyl (C=O) groups excluding carboxylic acids is 2. The Balaban J connectivity index is 1.02. The highest BCUT2D eigenvalue weighted by Crippen LogP contribution is 2.76. The number of hydrogen-bond acceptors (Lipinski definition) is 4.